The Morgan fingerprint density at radius 1 is 1.04 bits per heavy atom. The van der Waals surface area contributed by atoms with Crippen LogP contribution in [-0.2, 0) is 12.8 Å². The van der Waals surface area contributed by atoms with E-state index in [2.05, 4.69) is 44.9 Å². The van der Waals surface area contributed by atoms with E-state index in [0.29, 0.717) is 18.3 Å². The Balaban J connectivity index is 1.57. The van der Waals surface area contributed by atoms with Crippen molar-refractivity contribution in [2.45, 2.75) is 19.8 Å². The molecule has 2 N–H and O–H groups in total. The van der Waals surface area contributed by atoms with Crippen LogP contribution in [0.15, 0.2) is 54.7 Å². The molecule has 0 atom stereocenters. The molecule has 2 aromatic carbocycles. The van der Waals surface area contributed by atoms with Crippen molar-refractivity contribution < 1.29 is 0 Å². The topological polar surface area (TPSA) is 62.7 Å². The fourth-order valence-corrected chi connectivity index (χ4v) is 2.63. The molecule has 0 spiro atoms. The van der Waals surface area contributed by atoms with Crippen LogP contribution in [0.3, 0.4) is 0 Å². The van der Waals surface area contributed by atoms with Gasteiger partial charge in [0.2, 0.25) is 5.95 Å². The van der Waals surface area contributed by atoms with Gasteiger partial charge in [-0.05, 0) is 48.2 Å². The highest BCUT2D eigenvalue weighted by Gasteiger charge is 2.02. The SMILES string of the molecule is CCc1ccc(Nc2cnnc(NCCc3cccc(Cl)c3)n2)cc1. The van der Waals surface area contributed by atoms with Gasteiger partial charge in [0.1, 0.15) is 0 Å². The van der Waals surface area contributed by atoms with Gasteiger partial charge in [0.15, 0.2) is 5.82 Å². The predicted molar refractivity (Wildman–Crippen MR) is 103 cm³/mol. The standard InChI is InChI=1S/C19H20ClN5/c1-2-14-6-8-17(9-7-14)23-18-13-22-25-19(24-18)21-11-10-15-4-3-5-16(20)12-15/h3-9,12-13H,2,10-11H2,1H3,(H2,21,23,24,25). The van der Waals surface area contributed by atoms with Gasteiger partial charge in [-0.25, -0.2) is 0 Å². The molecule has 0 aliphatic heterocycles. The summed E-state index contributed by atoms with van der Waals surface area (Å²) >= 11 is 5.99. The monoisotopic (exact) mass is 353 g/mol. The number of nitrogens with one attached hydrogen (secondary N) is 2. The van der Waals surface area contributed by atoms with E-state index in [-0.39, 0.29) is 0 Å². The highest BCUT2D eigenvalue weighted by atomic mass is 35.5. The fraction of sp³-hybridized carbons (Fsp3) is 0.211. The van der Waals surface area contributed by atoms with Crippen molar-refractivity contribution in [1.29, 1.82) is 0 Å². The van der Waals surface area contributed by atoms with Crippen LogP contribution < -0.4 is 10.6 Å². The van der Waals surface area contributed by atoms with E-state index in [1.165, 1.54) is 11.1 Å². The summed E-state index contributed by atoms with van der Waals surface area (Å²) in [7, 11) is 0. The number of rotatable bonds is 7. The second-order valence-electron chi connectivity index (χ2n) is 5.65. The number of aromatic nitrogens is 3. The van der Waals surface area contributed by atoms with Gasteiger partial charge in [-0.3, -0.25) is 0 Å². The molecule has 5 nitrogen and oxygen atoms in total. The lowest BCUT2D eigenvalue weighted by Crippen LogP contribution is -2.09. The lowest BCUT2D eigenvalue weighted by Gasteiger charge is -2.08. The summed E-state index contributed by atoms with van der Waals surface area (Å²) in [6.07, 6.45) is 3.46. The van der Waals surface area contributed by atoms with E-state index in [1.54, 1.807) is 6.20 Å². The van der Waals surface area contributed by atoms with Crippen molar-refractivity contribution in [1.82, 2.24) is 15.2 Å². The van der Waals surface area contributed by atoms with Crippen LogP contribution in [0.4, 0.5) is 17.5 Å². The van der Waals surface area contributed by atoms with Crippen molar-refractivity contribution in [2.24, 2.45) is 0 Å². The zero-order valence-electron chi connectivity index (χ0n) is 14.0. The van der Waals surface area contributed by atoms with E-state index >= 15 is 0 Å². The Hall–Kier alpha value is -2.66. The highest BCUT2D eigenvalue weighted by molar-refractivity contribution is 6.30. The van der Waals surface area contributed by atoms with Crippen molar-refractivity contribution >= 4 is 29.1 Å². The molecular weight excluding hydrogens is 334 g/mol. The Bertz CT molecular complexity index is 820. The van der Waals surface area contributed by atoms with Gasteiger partial charge in [0.25, 0.3) is 0 Å². The molecular formula is C19H20ClN5. The highest BCUT2D eigenvalue weighted by Crippen LogP contribution is 2.16. The third-order valence-corrected chi connectivity index (χ3v) is 4.01. The van der Waals surface area contributed by atoms with Crippen LogP contribution >= 0.6 is 11.6 Å². The Morgan fingerprint density at radius 2 is 1.88 bits per heavy atom. The van der Waals surface area contributed by atoms with Crippen LogP contribution in [0.25, 0.3) is 0 Å². The smallest absolute Gasteiger partial charge is 0.244 e. The van der Waals surface area contributed by atoms with Gasteiger partial charge in [-0.2, -0.15) is 10.1 Å². The molecule has 1 heterocycles. The summed E-state index contributed by atoms with van der Waals surface area (Å²) < 4.78 is 0. The molecule has 0 radical (unpaired) electrons. The van der Waals surface area contributed by atoms with E-state index in [0.717, 1.165) is 23.6 Å². The van der Waals surface area contributed by atoms with Crippen molar-refractivity contribution in [3.63, 3.8) is 0 Å². The van der Waals surface area contributed by atoms with E-state index < -0.39 is 0 Å². The van der Waals surface area contributed by atoms with Crippen LogP contribution in [-0.4, -0.2) is 21.7 Å². The minimum Gasteiger partial charge on any atom is -0.353 e. The molecule has 0 fully saturated rings. The number of aryl methyl sites for hydroxylation is 1. The molecule has 0 saturated heterocycles. The summed E-state index contributed by atoms with van der Waals surface area (Å²) in [5.74, 6) is 1.15. The summed E-state index contributed by atoms with van der Waals surface area (Å²) in [5, 5.41) is 15.2. The maximum atomic E-state index is 5.99. The largest absolute Gasteiger partial charge is 0.353 e. The Labute approximate surface area is 152 Å². The molecule has 0 unspecified atom stereocenters. The molecule has 3 aromatic rings. The van der Waals surface area contributed by atoms with Crippen LogP contribution in [0.5, 0.6) is 0 Å². The average molecular weight is 354 g/mol. The third-order valence-electron chi connectivity index (χ3n) is 3.78. The first-order valence-corrected chi connectivity index (χ1v) is 8.65. The molecule has 0 saturated carbocycles. The quantitative estimate of drug-likeness (QED) is 0.655. The maximum absolute atomic E-state index is 5.99. The predicted octanol–water partition coefficient (Wildman–Crippen LogP) is 4.49. The molecule has 25 heavy (non-hydrogen) atoms. The van der Waals surface area contributed by atoms with Crippen molar-refractivity contribution in [3.8, 4) is 0 Å². The van der Waals surface area contributed by atoms with E-state index in [1.807, 2.05) is 36.4 Å². The summed E-state index contributed by atoms with van der Waals surface area (Å²) in [4.78, 5) is 4.44. The molecule has 0 amide bonds. The normalized spacial score (nSPS) is 10.5. The first-order valence-electron chi connectivity index (χ1n) is 8.27. The minimum atomic E-state index is 0.497. The zero-order valence-corrected chi connectivity index (χ0v) is 14.8. The summed E-state index contributed by atoms with van der Waals surface area (Å²) in [6.45, 7) is 2.84. The first kappa shape index (κ1) is 17.2. The van der Waals surface area contributed by atoms with Crippen molar-refractivity contribution in [3.05, 3.63) is 70.9 Å². The van der Waals surface area contributed by atoms with Crippen LogP contribution in [0, 0.1) is 0 Å². The molecule has 0 bridgehead atoms. The summed E-state index contributed by atoms with van der Waals surface area (Å²) in [5.41, 5.74) is 3.44. The number of anilines is 3. The second kappa shape index (κ2) is 8.44. The first-order chi connectivity index (χ1) is 12.2. The molecule has 0 aliphatic rings. The maximum Gasteiger partial charge on any atom is 0.244 e. The van der Waals surface area contributed by atoms with Gasteiger partial charge in [-0.1, -0.05) is 42.8 Å². The molecule has 6 heteroatoms. The van der Waals surface area contributed by atoms with Gasteiger partial charge < -0.3 is 10.6 Å². The number of hydrogen-bond acceptors (Lipinski definition) is 5. The molecule has 128 valence electrons. The van der Waals surface area contributed by atoms with E-state index in [4.69, 9.17) is 11.6 Å². The zero-order chi connectivity index (χ0) is 17.5. The van der Waals surface area contributed by atoms with Crippen LogP contribution in [0.1, 0.15) is 18.1 Å². The molecule has 3 rings (SSSR count). The number of halogens is 1. The van der Waals surface area contributed by atoms with Crippen LogP contribution in [0.2, 0.25) is 5.02 Å². The molecule has 0 aliphatic carbocycles. The van der Waals surface area contributed by atoms with Gasteiger partial charge >= 0.3 is 0 Å². The average Bonchev–Trinajstić information content (AvgIpc) is 2.63. The number of nitrogens with zero attached hydrogens (tertiary/aromatic N) is 3. The fourth-order valence-electron chi connectivity index (χ4n) is 2.42. The third kappa shape index (κ3) is 5.16. The Morgan fingerprint density at radius 3 is 2.64 bits per heavy atom. The minimum absolute atomic E-state index is 0.497. The second-order valence-corrected chi connectivity index (χ2v) is 6.08. The molecule has 1 aromatic heterocycles. The summed E-state index contributed by atoms with van der Waals surface area (Å²) in [6, 6.07) is 16.1. The Kier molecular flexibility index (Phi) is 5.80. The number of benzene rings is 2. The van der Waals surface area contributed by atoms with Gasteiger partial charge in [-0.15, -0.1) is 5.10 Å². The van der Waals surface area contributed by atoms with Gasteiger partial charge in [0.05, 0.1) is 6.20 Å². The van der Waals surface area contributed by atoms with E-state index in [9.17, 15) is 0 Å². The van der Waals surface area contributed by atoms with Gasteiger partial charge in [0, 0.05) is 17.3 Å². The van der Waals surface area contributed by atoms with Crippen molar-refractivity contribution in [2.75, 3.05) is 17.2 Å². The number of hydrogen-bond donors (Lipinski definition) is 2. The lowest BCUT2D eigenvalue weighted by molar-refractivity contribution is 0.929. The lowest BCUT2D eigenvalue weighted by atomic mass is 10.1.